The van der Waals surface area contributed by atoms with E-state index in [9.17, 15) is 13.2 Å². The first-order chi connectivity index (χ1) is 8.90. The van der Waals surface area contributed by atoms with Crippen LogP contribution in [0.5, 0.6) is 0 Å². The summed E-state index contributed by atoms with van der Waals surface area (Å²) in [6.45, 7) is 2.68. The van der Waals surface area contributed by atoms with Gasteiger partial charge < -0.3 is 5.73 Å². The lowest BCUT2D eigenvalue weighted by Gasteiger charge is -2.07. The quantitative estimate of drug-likeness (QED) is 0.931. The van der Waals surface area contributed by atoms with Crippen molar-refractivity contribution in [2.45, 2.75) is 26.2 Å². The van der Waals surface area contributed by atoms with E-state index in [0.29, 0.717) is 13.1 Å². The van der Waals surface area contributed by atoms with Crippen LogP contribution in [0, 0.1) is 6.92 Å². The predicted molar refractivity (Wildman–Crippen MR) is 65.4 cm³/mol. The molecule has 0 aliphatic heterocycles. The number of nitrogens with zero attached hydrogens (tertiary/aromatic N) is 2. The van der Waals surface area contributed by atoms with Crippen molar-refractivity contribution in [1.29, 1.82) is 0 Å². The third-order valence-electron chi connectivity index (χ3n) is 2.89. The van der Waals surface area contributed by atoms with Crippen molar-refractivity contribution in [1.82, 2.24) is 9.78 Å². The maximum Gasteiger partial charge on any atom is 0.416 e. The van der Waals surface area contributed by atoms with Gasteiger partial charge in [-0.05, 0) is 24.6 Å². The molecule has 19 heavy (non-hydrogen) atoms. The van der Waals surface area contributed by atoms with E-state index in [1.165, 1.54) is 12.1 Å². The van der Waals surface area contributed by atoms with Gasteiger partial charge in [0.1, 0.15) is 0 Å². The molecule has 0 saturated carbocycles. The molecule has 0 unspecified atom stereocenters. The molecule has 2 aromatic rings. The van der Waals surface area contributed by atoms with E-state index in [0.717, 1.165) is 29.0 Å². The molecule has 0 bridgehead atoms. The molecule has 1 aromatic carbocycles. The number of halogens is 3. The van der Waals surface area contributed by atoms with Gasteiger partial charge in [0.15, 0.2) is 0 Å². The Morgan fingerprint density at radius 1 is 1.21 bits per heavy atom. The van der Waals surface area contributed by atoms with Gasteiger partial charge in [-0.1, -0.05) is 12.1 Å². The zero-order chi connectivity index (χ0) is 14.0. The molecule has 102 valence electrons. The van der Waals surface area contributed by atoms with Gasteiger partial charge in [-0.3, -0.25) is 4.68 Å². The smallest absolute Gasteiger partial charge is 0.326 e. The highest BCUT2D eigenvalue weighted by Gasteiger charge is 2.29. The minimum atomic E-state index is -4.30. The average molecular weight is 269 g/mol. The number of hydrogen-bond acceptors (Lipinski definition) is 2. The highest BCUT2D eigenvalue weighted by Crippen LogP contribution is 2.29. The molecule has 0 saturated heterocycles. The summed E-state index contributed by atoms with van der Waals surface area (Å²) in [4.78, 5) is 0. The van der Waals surface area contributed by atoms with Crippen LogP contribution in [0.1, 0.15) is 22.4 Å². The van der Waals surface area contributed by atoms with Gasteiger partial charge in [0.2, 0.25) is 0 Å². The van der Waals surface area contributed by atoms with E-state index in [4.69, 9.17) is 5.73 Å². The minimum absolute atomic E-state index is 0.402. The van der Waals surface area contributed by atoms with Crippen LogP contribution in [0.25, 0.3) is 0 Å². The van der Waals surface area contributed by atoms with E-state index in [2.05, 4.69) is 5.10 Å². The van der Waals surface area contributed by atoms with Gasteiger partial charge in [0, 0.05) is 18.3 Å². The molecule has 0 amide bonds. The van der Waals surface area contributed by atoms with Gasteiger partial charge >= 0.3 is 6.18 Å². The summed E-state index contributed by atoms with van der Waals surface area (Å²) >= 11 is 0. The van der Waals surface area contributed by atoms with Crippen molar-refractivity contribution >= 4 is 0 Å². The Bertz CT molecular complexity index is 556. The molecule has 1 aromatic heterocycles. The molecule has 0 spiro atoms. The number of nitrogens with two attached hydrogens (primary N) is 1. The first kappa shape index (κ1) is 13.6. The number of benzene rings is 1. The number of aromatic nitrogens is 2. The highest BCUT2D eigenvalue weighted by molar-refractivity contribution is 5.25. The Hall–Kier alpha value is -1.82. The number of alkyl halides is 3. The number of hydrogen-bond donors (Lipinski definition) is 1. The SMILES string of the molecule is Cc1nn(Cc2ccc(C(F)(F)F)cc2)cc1CN. The highest BCUT2D eigenvalue weighted by atomic mass is 19.4. The summed E-state index contributed by atoms with van der Waals surface area (Å²) in [5.41, 5.74) is 7.45. The van der Waals surface area contributed by atoms with Crippen molar-refractivity contribution in [2.24, 2.45) is 5.73 Å². The van der Waals surface area contributed by atoms with E-state index in [1.54, 1.807) is 4.68 Å². The second-order valence-corrected chi connectivity index (χ2v) is 4.34. The molecule has 2 rings (SSSR count). The third kappa shape index (κ3) is 3.14. The molecule has 0 aliphatic rings. The van der Waals surface area contributed by atoms with Crippen LogP contribution in [0.15, 0.2) is 30.5 Å². The van der Waals surface area contributed by atoms with E-state index < -0.39 is 11.7 Å². The van der Waals surface area contributed by atoms with Crippen molar-refractivity contribution in [2.75, 3.05) is 0 Å². The zero-order valence-electron chi connectivity index (χ0n) is 10.4. The monoisotopic (exact) mass is 269 g/mol. The summed E-state index contributed by atoms with van der Waals surface area (Å²) in [6, 6.07) is 5.08. The van der Waals surface area contributed by atoms with Gasteiger partial charge in [-0.15, -0.1) is 0 Å². The van der Waals surface area contributed by atoms with E-state index in [-0.39, 0.29) is 0 Å². The molecule has 0 radical (unpaired) electrons. The maximum absolute atomic E-state index is 12.4. The standard InChI is InChI=1S/C13H14F3N3/c1-9-11(6-17)8-19(18-9)7-10-2-4-12(5-3-10)13(14,15)16/h2-5,8H,6-7,17H2,1H3. The first-order valence-corrected chi connectivity index (χ1v) is 5.79. The van der Waals surface area contributed by atoms with Crippen LogP contribution >= 0.6 is 0 Å². The van der Waals surface area contributed by atoms with Crippen molar-refractivity contribution in [3.05, 3.63) is 52.8 Å². The Balaban J connectivity index is 2.15. The average Bonchev–Trinajstić information content (AvgIpc) is 2.69. The predicted octanol–water partition coefficient (Wildman–Crippen LogP) is 2.72. The topological polar surface area (TPSA) is 43.8 Å². The van der Waals surface area contributed by atoms with Crippen LogP contribution < -0.4 is 5.73 Å². The molecule has 0 atom stereocenters. The number of rotatable bonds is 3. The molecular weight excluding hydrogens is 255 g/mol. The van der Waals surface area contributed by atoms with Gasteiger partial charge in [0.25, 0.3) is 0 Å². The normalized spacial score (nSPS) is 11.8. The first-order valence-electron chi connectivity index (χ1n) is 5.79. The third-order valence-corrected chi connectivity index (χ3v) is 2.89. The lowest BCUT2D eigenvalue weighted by molar-refractivity contribution is -0.137. The van der Waals surface area contributed by atoms with Crippen LogP contribution in [-0.2, 0) is 19.3 Å². The molecule has 6 heteroatoms. The van der Waals surface area contributed by atoms with Crippen molar-refractivity contribution in [3.63, 3.8) is 0 Å². The fourth-order valence-electron chi connectivity index (χ4n) is 1.83. The summed E-state index contributed by atoms with van der Waals surface area (Å²) in [6.07, 6.45) is -2.49. The van der Waals surface area contributed by atoms with E-state index >= 15 is 0 Å². The number of aryl methyl sites for hydroxylation is 1. The minimum Gasteiger partial charge on any atom is -0.326 e. The van der Waals surface area contributed by atoms with Crippen LogP contribution in [0.3, 0.4) is 0 Å². The summed E-state index contributed by atoms with van der Waals surface area (Å²) in [7, 11) is 0. The maximum atomic E-state index is 12.4. The second kappa shape index (κ2) is 5.05. The van der Waals surface area contributed by atoms with Gasteiger partial charge in [0.05, 0.1) is 17.8 Å². The van der Waals surface area contributed by atoms with E-state index in [1.807, 2.05) is 13.1 Å². The van der Waals surface area contributed by atoms with Crippen molar-refractivity contribution in [3.8, 4) is 0 Å². The van der Waals surface area contributed by atoms with Crippen LogP contribution in [0.4, 0.5) is 13.2 Å². The molecule has 0 fully saturated rings. The van der Waals surface area contributed by atoms with Gasteiger partial charge in [-0.2, -0.15) is 18.3 Å². The Labute approximate surface area is 108 Å². The molecular formula is C13H14F3N3. The molecule has 2 N–H and O–H groups in total. The van der Waals surface area contributed by atoms with Gasteiger partial charge in [-0.25, -0.2) is 0 Å². The fourth-order valence-corrected chi connectivity index (χ4v) is 1.83. The Morgan fingerprint density at radius 2 is 1.84 bits per heavy atom. The summed E-state index contributed by atoms with van der Waals surface area (Å²) in [5, 5.41) is 4.26. The summed E-state index contributed by atoms with van der Waals surface area (Å²) in [5.74, 6) is 0. The van der Waals surface area contributed by atoms with Crippen LogP contribution in [-0.4, -0.2) is 9.78 Å². The zero-order valence-corrected chi connectivity index (χ0v) is 10.4. The van der Waals surface area contributed by atoms with Crippen molar-refractivity contribution < 1.29 is 13.2 Å². The Morgan fingerprint density at radius 3 is 2.32 bits per heavy atom. The lowest BCUT2D eigenvalue weighted by Crippen LogP contribution is -2.06. The summed E-state index contributed by atoms with van der Waals surface area (Å²) < 4.78 is 38.9. The second-order valence-electron chi connectivity index (χ2n) is 4.34. The lowest BCUT2D eigenvalue weighted by atomic mass is 10.1. The molecule has 3 nitrogen and oxygen atoms in total. The van der Waals surface area contributed by atoms with Crippen LogP contribution in [0.2, 0.25) is 0 Å². The molecule has 1 heterocycles. The Kier molecular flexibility index (Phi) is 3.61. The largest absolute Gasteiger partial charge is 0.416 e. The fraction of sp³-hybridized carbons (Fsp3) is 0.308. The molecule has 0 aliphatic carbocycles.